The van der Waals surface area contributed by atoms with E-state index in [9.17, 15) is 0 Å². The van der Waals surface area contributed by atoms with Gasteiger partial charge in [0.1, 0.15) is 0 Å². The van der Waals surface area contributed by atoms with Crippen molar-refractivity contribution in [1.82, 2.24) is 0 Å². The minimum atomic E-state index is 0.0555. The fraction of sp³-hybridized carbons (Fsp3) is 0.600. The van der Waals surface area contributed by atoms with E-state index in [-0.39, 0.29) is 12.1 Å². The molecule has 1 aliphatic carbocycles. The highest BCUT2D eigenvalue weighted by Gasteiger charge is 2.25. The summed E-state index contributed by atoms with van der Waals surface area (Å²) in [6.07, 6.45) is 5.19. The van der Waals surface area contributed by atoms with Crippen LogP contribution in [-0.2, 0) is 4.74 Å². The van der Waals surface area contributed by atoms with Crippen LogP contribution in [0.4, 0.5) is 0 Å². The summed E-state index contributed by atoms with van der Waals surface area (Å²) >= 11 is 0. The van der Waals surface area contributed by atoms with Crippen molar-refractivity contribution in [3.63, 3.8) is 0 Å². The average molecular weight is 233 g/mol. The van der Waals surface area contributed by atoms with Crippen LogP contribution in [0.1, 0.15) is 44.3 Å². The second-order valence-corrected chi connectivity index (χ2v) is 4.97. The van der Waals surface area contributed by atoms with Gasteiger partial charge in [-0.3, -0.25) is 0 Å². The SMILES string of the molecule is CCOC(c1ccccc1)C(N)CCC1CC1. The van der Waals surface area contributed by atoms with E-state index in [1.165, 1.54) is 24.8 Å². The molecular weight excluding hydrogens is 210 g/mol. The number of hydrogen-bond donors (Lipinski definition) is 1. The van der Waals surface area contributed by atoms with Gasteiger partial charge >= 0.3 is 0 Å². The Balaban J connectivity index is 1.94. The molecule has 94 valence electrons. The Morgan fingerprint density at radius 3 is 2.59 bits per heavy atom. The van der Waals surface area contributed by atoms with E-state index in [1.807, 2.05) is 13.0 Å². The van der Waals surface area contributed by atoms with Gasteiger partial charge < -0.3 is 10.5 Å². The Bertz CT molecular complexity index is 321. The Labute approximate surface area is 104 Å². The maximum absolute atomic E-state index is 6.29. The summed E-state index contributed by atoms with van der Waals surface area (Å²) in [4.78, 5) is 0. The van der Waals surface area contributed by atoms with Crippen molar-refractivity contribution < 1.29 is 4.74 Å². The van der Waals surface area contributed by atoms with E-state index >= 15 is 0 Å². The first kappa shape index (κ1) is 12.6. The van der Waals surface area contributed by atoms with Crippen molar-refractivity contribution in [1.29, 1.82) is 0 Å². The van der Waals surface area contributed by atoms with Crippen LogP contribution in [0.2, 0.25) is 0 Å². The molecular formula is C15H23NO. The standard InChI is InChI=1S/C15H23NO/c1-2-17-15(13-6-4-3-5-7-13)14(16)11-10-12-8-9-12/h3-7,12,14-15H,2,8-11,16H2,1H3. The van der Waals surface area contributed by atoms with Crippen molar-refractivity contribution in [2.75, 3.05) is 6.61 Å². The molecule has 2 rings (SSSR count). The van der Waals surface area contributed by atoms with Gasteiger partial charge in [0.15, 0.2) is 0 Å². The maximum Gasteiger partial charge on any atom is 0.0975 e. The van der Waals surface area contributed by atoms with Gasteiger partial charge in [0.2, 0.25) is 0 Å². The molecule has 0 bridgehead atoms. The molecule has 1 saturated carbocycles. The summed E-state index contributed by atoms with van der Waals surface area (Å²) in [5, 5.41) is 0. The fourth-order valence-corrected chi connectivity index (χ4v) is 2.28. The molecule has 1 aromatic carbocycles. The molecule has 2 heteroatoms. The summed E-state index contributed by atoms with van der Waals surface area (Å²) in [6, 6.07) is 10.5. The summed E-state index contributed by atoms with van der Waals surface area (Å²) in [6.45, 7) is 2.75. The van der Waals surface area contributed by atoms with Crippen molar-refractivity contribution in [3.05, 3.63) is 35.9 Å². The second kappa shape index (κ2) is 6.18. The lowest BCUT2D eigenvalue weighted by atomic mass is 9.98. The molecule has 2 N–H and O–H groups in total. The molecule has 1 aliphatic rings. The topological polar surface area (TPSA) is 35.2 Å². The lowest BCUT2D eigenvalue weighted by Crippen LogP contribution is -2.30. The highest BCUT2D eigenvalue weighted by atomic mass is 16.5. The Hall–Kier alpha value is -0.860. The van der Waals surface area contributed by atoms with Crippen LogP contribution in [0.25, 0.3) is 0 Å². The Kier molecular flexibility index (Phi) is 4.57. The minimum absolute atomic E-state index is 0.0555. The molecule has 1 aromatic rings. The van der Waals surface area contributed by atoms with E-state index in [2.05, 4.69) is 24.3 Å². The first-order chi connectivity index (χ1) is 8.31. The molecule has 1 fully saturated rings. The van der Waals surface area contributed by atoms with Gasteiger partial charge in [-0.05, 0) is 31.2 Å². The number of hydrogen-bond acceptors (Lipinski definition) is 2. The summed E-state index contributed by atoms with van der Waals surface area (Å²) in [5.74, 6) is 0.944. The highest BCUT2D eigenvalue weighted by Crippen LogP contribution is 2.35. The van der Waals surface area contributed by atoms with Crippen molar-refractivity contribution in [3.8, 4) is 0 Å². The molecule has 0 saturated heterocycles. The van der Waals surface area contributed by atoms with Gasteiger partial charge in [0, 0.05) is 12.6 Å². The molecule has 0 heterocycles. The van der Waals surface area contributed by atoms with E-state index in [1.54, 1.807) is 0 Å². The number of ether oxygens (including phenoxy) is 1. The van der Waals surface area contributed by atoms with Crippen LogP contribution in [0.5, 0.6) is 0 Å². The van der Waals surface area contributed by atoms with E-state index in [0.717, 1.165) is 18.9 Å². The summed E-state index contributed by atoms with van der Waals surface area (Å²) in [5.41, 5.74) is 7.49. The van der Waals surface area contributed by atoms with Gasteiger partial charge in [0.25, 0.3) is 0 Å². The third-order valence-corrected chi connectivity index (χ3v) is 3.47. The first-order valence-electron chi connectivity index (χ1n) is 6.73. The van der Waals surface area contributed by atoms with Crippen molar-refractivity contribution >= 4 is 0 Å². The van der Waals surface area contributed by atoms with Gasteiger partial charge in [-0.25, -0.2) is 0 Å². The van der Waals surface area contributed by atoms with Crippen LogP contribution in [-0.4, -0.2) is 12.6 Å². The molecule has 0 aromatic heterocycles. The van der Waals surface area contributed by atoms with E-state index < -0.39 is 0 Å². The largest absolute Gasteiger partial charge is 0.372 e. The molecule has 2 atom stereocenters. The van der Waals surface area contributed by atoms with Crippen molar-refractivity contribution in [2.24, 2.45) is 11.7 Å². The van der Waals surface area contributed by atoms with Crippen LogP contribution in [0.15, 0.2) is 30.3 Å². The molecule has 17 heavy (non-hydrogen) atoms. The fourth-order valence-electron chi connectivity index (χ4n) is 2.28. The van der Waals surface area contributed by atoms with Gasteiger partial charge in [-0.15, -0.1) is 0 Å². The zero-order chi connectivity index (χ0) is 12.1. The molecule has 0 amide bonds. The third kappa shape index (κ3) is 3.83. The van der Waals surface area contributed by atoms with Gasteiger partial charge in [-0.2, -0.15) is 0 Å². The molecule has 2 unspecified atom stereocenters. The maximum atomic E-state index is 6.29. The third-order valence-electron chi connectivity index (χ3n) is 3.47. The predicted molar refractivity (Wildman–Crippen MR) is 70.7 cm³/mol. The second-order valence-electron chi connectivity index (χ2n) is 4.97. The number of rotatable bonds is 7. The zero-order valence-corrected chi connectivity index (χ0v) is 10.6. The monoisotopic (exact) mass is 233 g/mol. The van der Waals surface area contributed by atoms with Gasteiger partial charge in [-0.1, -0.05) is 43.2 Å². The average Bonchev–Trinajstić information content (AvgIpc) is 3.18. The lowest BCUT2D eigenvalue weighted by Gasteiger charge is -2.24. The highest BCUT2D eigenvalue weighted by molar-refractivity contribution is 5.19. The molecule has 0 aliphatic heterocycles. The lowest BCUT2D eigenvalue weighted by molar-refractivity contribution is 0.0404. The van der Waals surface area contributed by atoms with E-state index in [4.69, 9.17) is 10.5 Å². The van der Waals surface area contributed by atoms with Crippen LogP contribution >= 0.6 is 0 Å². The number of nitrogens with two attached hydrogens (primary N) is 1. The van der Waals surface area contributed by atoms with Crippen LogP contribution in [0, 0.1) is 5.92 Å². The normalized spacial score (nSPS) is 18.9. The molecule has 2 nitrogen and oxygen atoms in total. The molecule has 0 spiro atoms. The van der Waals surface area contributed by atoms with E-state index in [0.29, 0.717) is 0 Å². The zero-order valence-electron chi connectivity index (χ0n) is 10.6. The smallest absolute Gasteiger partial charge is 0.0975 e. The summed E-state index contributed by atoms with van der Waals surface area (Å²) < 4.78 is 5.82. The Morgan fingerprint density at radius 1 is 1.29 bits per heavy atom. The molecule has 0 radical (unpaired) electrons. The quantitative estimate of drug-likeness (QED) is 0.784. The van der Waals surface area contributed by atoms with Crippen molar-refractivity contribution in [2.45, 2.75) is 44.8 Å². The van der Waals surface area contributed by atoms with Crippen LogP contribution in [0.3, 0.4) is 0 Å². The minimum Gasteiger partial charge on any atom is -0.372 e. The Morgan fingerprint density at radius 2 is 2.00 bits per heavy atom. The summed E-state index contributed by atoms with van der Waals surface area (Å²) in [7, 11) is 0. The number of benzene rings is 1. The van der Waals surface area contributed by atoms with Gasteiger partial charge in [0.05, 0.1) is 6.10 Å². The predicted octanol–water partition coefficient (Wildman–Crippen LogP) is 3.28. The first-order valence-corrected chi connectivity index (χ1v) is 6.73. The van der Waals surface area contributed by atoms with Crippen LogP contribution < -0.4 is 5.73 Å².